The van der Waals surface area contributed by atoms with Gasteiger partial charge in [0.2, 0.25) is 0 Å². The number of nitrogens with one attached hydrogen (secondary N) is 1. The van der Waals surface area contributed by atoms with Gasteiger partial charge in [-0.05, 0) is 32.9 Å². The van der Waals surface area contributed by atoms with Crippen LogP contribution in [0.15, 0.2) is 24.4 Å². The van der Waals surface area contributed by atoms with E-state index in [1.165, 1.54) is 11.3 Å². The Balaban J connectivity index is 1.96. The second-order valence-corrected chi connectivity index (χ2v) is 6.76. The number of nitrogens with zero attached hydrogens (tertiary/aromatic N) is 2. The number of rotatable bonds is 4. The maximum absolute atomic E-state index is 11.6. The summed E-state index contributed by atoms with van der Waals surface area (Å²) in [5, 5.41) is 15.6. The number of hydrogen-bond acceptors (Lipinski definition) is 5. The number of carboxylic acid groups (broad SMARTS) is 1. The first-order valence-corrected chi connectivity index (χ1v) is 7.40. The van der Waals surface area contributed by atoms with Crippen molar-refractivity contribution in [3.63, 3.8) is 0 Å². The van der Waals surface area contributed by atoms with Gasteiger partial charge in [0.15, 0.2) is 5.82 Å². The lowest BCUT2D eigenvalue weighted by Gasteiger charge is -2.19. The predicted molar refractivity (Wildman–Crippen MR) is 82.5 cm³/mol. The van der Waals surface area contributed by atoms with E-state index in [9.17, 15) is 9.59 Å². The number of amides is 1. The highest BCUT2D eigenvalue weighted by Crippen LogP contribution is 2.18. The summed E-state index contributed by atoms with van der Waals surface area (Å²) < 4.78 is 6.75. The van der Waals surface area contributed by atoms with E-state index < -0.39 is 17.7 Å². The molecule has 0 spiro atoms. The molecule has 1 amide bonds. The third-order valence-corrected chi connectivity index (χ3v) is 3.52. The number of thiophene rings is 1. The van der Waals surface area contributed by atoms with Gasteiger partial charge in [-0.2, -0.15) is 5.10 Å². The molecule has 0 fully saturated rings. The second-order valence-electron chi connectivity index (χ2n) is 5.60. The summed E-state index contributed by atoms with van der Waals surface area (Å²) in [7, 11) is 0. The Morgan fingerprint density at radius 1 is 1.36 bits per heavy atom. The van der Waals surface area contributed by atoms with Crippen LogP contribution in [0.1, 0.15) is 35.3 Å². The minimum atomic E-state index is -0.941. The zero-order chi connectivity index (χ0) is 16.3. The average Bonchev–Trinajstić information content (AvgIpc) is 2.97. The van der Waals surface area contributed by atoms with Crippen molar-refractivity contribution in [1.82, 2.24) is 9.78 Å². The lowest BCUT2D eigenvalue weighted by atomic mass is 10.2. The van der Waals surface area contributed by atoms with Crippen molar-refractivity contribution in [2.75, 3.05) is 5.32 Å². The molecule has 7 nitrogen and oxygen atoms in total. The number of carbonyl (C=O) groups is 2. The van der Waals surface area contributed by atoms with Crippen molar-refractivity contribution in [2.45, 2.75) is 32.9 Å². The molecule has 0 aliphatic rings. The summed E-state index contributed by atoms with van der Waals surface area (Å²) in [5.41, 5.74) is -0.573. The molecule has 0 radical (unpaired) electrons. The lowest BCUT2D eigenvalue weighted by molar-refractivity contribution is 0.0633. The summed E-state index contributed by atoms with van der Waals surface area (Å²) in [6, 6.07) is 4.96. The molecule has 2 aromatic heterocycles. The van der Waals surface area contributed by atoms with Gasteiger partial charge in [0, 0.05) is 17.1 Å². The highest BCUT2D eigenvalue weighted by Gasteiger charge is 2.17. The van der Waals surface area contributed by atoms with Crippen LogP contribution < -0.4 is 5.32 Å². The molecule has 0 bridgehead atoms. The van der Waals surface area contributed by atoms with Gasteiger partial charge in [-0.25, -0.2) is 9.59 Å². The summed E-state index contributed by atoms with van der Waals surface area (Å²) in [4.78, 5) is 23.6. The zero-order valence-electron chi connectivity index (χ0n) is 12.5. The van der Waals surface area contributed by atoms with E-state index in [2.05, 4.69) is 10.4 Å². The van der Waals surface area contributed by atoms with Crippen molar-refractivity contribution >= 4 is 29.2 Å². The first kappa shape index (κ1) is 16.0. The summed E-state index contributed by atoms with van der Waals surface area (Å²) in [6.07, 6.45) is 1.13. The third kappa shape index (κ3) is 4.59. The molecule has 8 heteroatoms. The van der Waals surface area contributed by atoms with Crippen molar-refractivity contribution < 1.29 is 19.4 Å². The first-order chi connectivity index (χ1) is 10.2. The molecule has 2 heterocycles. The van der Waals surface area contributed by atoms with Crippen LogP contribution in [-0.2, 0) is 11.3 Å². The van der Waals surface area contributed by atoms with Gasteiger partial charge in [0.05, 0.1) is 6.54 Å². The van der Waals surface area contributed by atoms with Crippen molar-refractivity contribution in [2.24, 2.45) is 0 Å². The maximum atomic E-state index is 11.6. The van der Waals surface area contributed by atoms with Crippen LogP contribution >= 0.6 is 11.3 Å². The van der Waals surface area contributed by atoms with Crippen molar-refractivity contribution in [3.05, 3.63) is 34.2 Å². The minimum Gasteiger partial charge on any atom is -0.477 e. The molecule has 0 unspecified atom stereocenters. The molecular weight excluding hydrogens is 306 g/mol. The molecule has 118 valence electrons. The molecule has 2 aromatic rings. The maximum Gasteiger partial charge on any atom is 0.413 e. The summed E-state index contributed by atoms with van der Waals surface area (Å²) in [5.74, 6) is -0.562. The van der Waals surface area contributed by atoms with E-state index in [4.69, 9.17) is 9.84 Å². The van der Waals surface area contributed by atoms with Crippen LogP contribution in [0.2, 0.25) is 0 Å². The third-order valence-electron chi connectivity index (χ3n) is 2.46. The van der Waals surface area contributed by atoms with Gasteiger partial charge in [0.1, 0.15) is 10.5 Å². The fourth-order valence-electron chi connectivity index (χ4n) is 1.66. The number of carbonyl (C=O) groups excluding carboxylic acids is 1. The number of anilines is 1. The molecule has 2 N–H and O–H groups in total. The lowest BCUT2D eigenvalue weighted by Crippen LogP contribution is -2.27. The number of ether oxygens (including phenoxy) is 1. The molecule has 0 atom stereocenters. The first-order valence-electron chi connectivity index (χ1n) is 6.58. The Kier molecular flexibility index (Phi) is 4.51. The van der Waals surface area contributed by atoms with E-state index in [-0.39, 0.29) is 4.88 Å². The van der Waals surface area contributed by atoms with Gasteiger partial charge in [-0.3, -0.25) is 10.00 Å². The molecule has 0 aromatic carbocycles. The van der Waals surface area contributed by atoms with E-state index in [0.717, 1.165) is 4.88 Å². The Bertz CT molecular complexity index is 684. The molecule has 2 rings (SSSR count). The van der Waals surface area contributed by atoms with E-state index in [1.54, 1.807) is 49.8 Å². The number of aromatic nitrogens is 2. The zero-order valence-corrected chi connectivity index (χ0v) is 13.3. The SMILES string of the molecule is CC(C)(C)OC(=O)Nc1ccn(Cc2ccc(C(=O)O)s2)n1. The van der Waals surface area contributed by atoms with Crippen LogP contribution in [0.5, 0.6) is 0 Å². The standard InChI is InChI=1S/C14H17N3O4S/c1-14(2,3)21-13(20)15-11-6-7-17(16-11)8-9-4-5-10(22-9)12(18)19/h4-7H,8H2,1-3H3,(H,18,19)(H,15,16,20). The molecule has 0 aliphatic carbocycles. The quantitative estimate of drug-likeness (QED) is 0.902. The fraction of sp³-hybridized carbons (Fsp3) is 0.357. The highest BCUT2D eigenvalue weighted by molar-refractivity contribution is 7.13. The molecule has 22 heavy (non-hydrogen) atoms. The topological polar surface area (TPSA) is 93.5 Å². The monoisotopic (exact) mass is 323 g/mol. The van der Waals surface area contributed by atoms with Crippen molar-refractivity contribution in [1.29, 1.82) is 0 Å². The molecule has 0 saturated carbocycles. The molecule has 0 aliphatic heterocycles. The van der Waals surface area contributed by atoms with Crippen LogP contribution in [-0.4, -0.2) is 32.6 Å². The predicted octanol–water partition coefficient (Wildman–Crippen LogP) is 3.04. The van der Waals surface area contributed by atoms with Crippen LogP contribution in [0, 0.1) is 0 Å². The minimum absolute atomic E-state index is 0.286. The summed E-state index contributed by atoms with van der Waals surface area (Å²) >= 11 is 1.19. The average molecular weight is 323 g/mol. The van der Waals surface area contributed by atoms with Gasteiger partial charge >= 0.3 is 12.1 Å². The van der Waals surface area contributed by atoms with Gasteiger partial charge in [-0.15, -0.1) is 11.3 Å². The van der Waals surface area contributed by atoms with Gasteiger partial charge < -0.3 is 9.84 Å². The van der Waals surface area contributed by atoms with E-state index in [1.807, 2.05) is 0 Å². The van der Waals surface area contributed by atoms with Crippen LogP contribution in [0.4, 0.5) is 10.6 Å². The summed E-state index contributed by atoms with van der Waals surface area (Å²) in [6.45, 7) is 5.78. The second kappa shape index (κ2) is 6.18. The van der Waals surface area contributed by atoms with E-state index >= 15 is 0 Å². The number of aromatic carboxylic acids is 1. The molecule has 0 saturated heterocycles. The Labute approximate surface area is 131 Å². The van der Waals surface area contributed by atoms with Crippen molar-refractivity contribution in [3.8, 4) is 0 Å². The Morgan fingerprint density at radius 3 is 2.68 bits per heavy atom. The number of carboxylic acids is 1. The van der Waals surface area contributed by atoms with Gasteiger partial charge in [0.25, 0.3) is 0 Å². The largest absolute Gasteiger partial charge is 0.477 e. The van der Waals surface area contributed by atoms with E-state index in [0.29, 0.717) is 12.4 Å². The fourth-order valence-corrected chi connectivity index (χ4v) is 2.50. The highest BCUT2D eigenvalue weighted by atomic mass is 32.1. The Morgan fingerprint density at radius 2 is 2.09 bits per heavy atom. The number of hydrogen-bond donors (Lipinski definition) is 2. The molecular formula is C14H17N3O4S. The van der Waals surface area contributed by atoms with Gasteiger partial charge in [-0.1, -0.05) is 0 Å². The smallest absolute Gasteiger partial charge is 0.413 e. The normalized spacial score (nSPS) is 11.2. The van der Waals surface area contributed by atoms with Crippen LogP contribution in [0.25, 0.3) is 0 Å². The van der Waals surface area contributed by atoms with Crippen LogP contribution in [0.3, 0.4) is 0 Å². The Hall–Kier alpha value is -2.35.